The maximum Gasteiger partial charge on any atom is 0.0916 e. The van der Waals surface area contributed by atoms with Gasteiger partial charge in [-0.05, 0) is 25.5 Å². The van der Waals surface area contributed by atoms with Crippen molar-refractivity contribution in [3.63, 3.8) is 0 Å². The van der Waals surface area contributed by atoms with Gasteiger partial charge in [-0.25, -0.2) is 4.98 Å². The lowest BCUT2D eigenvalue weighted by atomic mass is 10.0. The lowest BCUT2D eigenvalue weighted by Gasteiger charge is -2.16. The number of hydrogen-bond acceptors (Lipinski definition) is 2. The molecule has 0 amide bonds. The molecule has 3 aromatic rings. The molecule has 0 bridgehead atoms. The molecule has 3 rings (SSSR count). The predicted octanol–water partition coefficient (Wildman–Crippen LogP) is 5.30. The zero-order valence-corrected chi connectivity index (χ0v) is 12.9. The van der Waals surface area contributed by atoms with Crippen LogP contribution in [0.3, 0.4) is 0 Å². The Bertz CT molecular complexity index is 782. The van der Waals surface area contributed by atoms with E-state index in [4.69, 9.17) is 16.6 Å². The zero-order valence-electron chi connectivity index (χ0n) is 12.2. The number of nitrogens with zero attached hydrogens (tertiary/aromatic N) is 1. The van der Waals surface area contributed by atoms with Gasteiger partial charge in [0.05, 0.1) is 16.2 Å². The molecular weight excluding hydrogens is 280 g/mol. The topological polar surface area (TPSA) is 24.9 Å². The SMILES string of the molecule is CCNc1c(C)c(-c2ccccc2)nc2c(Cl)cccc12. The van der Waals surface area contributed by atoms with Crippen LogP contribution in [0.4, 0.5) is 5.69 Å². The Morgan fingerprint density at radius 3 is 2.52 bits per heavy atom. The summed E-state index contributed by atoms with van der Waals surface area (Å²) in [4.78, 5) is 4.82. The molecule has 21 heavy (non-hydrogen) atoms. The highest BCUT2D eigenvalue weighted by Gasteiger charge is 2.14. The van der Waals surface area contributed by atoms with Gasteiger partial charge in [0.1, 0.15) is 0 Å². The number of fused-ring (bicyclic) bond motifs is 1. The van der Waals surface area contributed by atoms with Crippen LogP contribution in [0, 0.1) is 6.92 Å². The number of aromatic nitrogens is 1. The molecule has 2 aromatic carbocycles. The van der Waals surface area contributed by atoms with Crippen molar-refractivity contribution in [1.29, 1.82) is 0 Å². The third-order valence-electron chi connectivity index (χ3n) is 3.61. The number of nitrogens with one attached hydrogen (secondary N) is 1. The first-order chi connectivity index (χ1) is 10.2. The van der Waals surface area contributed by atoms with E-state index >= 15 is 0 Å². The Morgan fingerprint density at radius 2 is 1.81 bits per heavy atom. The second-order valence-electron chi connectivity index (χ2n) is 4.99. The van der Waals surface area contributed by atoms with E-state index in [-0.39, 0.29) is 0 Å². The number of halogens is 1. The van der Waals surface area contributed by atoms with Gasteiger partial charge in [0.15, 0.2) is 0 Å². The lowest BCUT2D eigenvalue weighted by molar-refractivity contribution is 1.20. The Kier molecular flexibility index (Phi) is 3.80. The fourth-order valence-corrected chi connectivity index (χ4v) is 2.85. The molecule has 0 aliphatic rings. The van der Waals surface area contributed by atoms with E-state index < -0.39 is 0 Å². The molecule has 0 unspecified atom stereocenters. The summed E-state index contributed by atoms with van der Waals surface area (Å²) in [7, 11) is 0. The second kappa shape index (κ2) is 5.74. The van der Waals surface area contributed by atoms with Crippen LogP contribution in [-0.2, 0) is 0 Å². The molecule has 0 aliphatic carbocycles. The number of rotatable bonds is 3. The average molecular weight is 297 g/mol. The van der Waals surface area contributed by atoms with Crippen molar-refractivity contribution in [2.24, 2.45) is 0 Å². The van der Waals surface area contributed by atoms with Crippen molar-refractivity contribution in [2.75, 3.05) is 11.9 Å². The molecular formula is C18H17ClN2. The number of pyridine rings is 1. The first-order valence-corrected chi connectivity index (χ1v) is 7.48. The molecule has 3 heteroatoms. The Morgan fingerprint density at radius 1 is 1.05 bits per heavy atom. The monoisotopic (exact) mass is 296 g/mol. The molecule has 0 aliphatic heterocycles. The van der Waals surface area contributed by atoms with Crippen LogP contribution in [0.5, 0.6) is 0 Å². The Hall–Kier alpha value is -2.06. The van der Waals surface area contributed by atoms with E-state index in [1.807, 2.05) is 30.3 Å². The van der Waals surface area contributed by atoms with E-state index in [1.54, 1.807) is 0 Å². The van der Waals surface area contributed by atoms with Crippen LogP contribution in [0.1, 0.15) is 12.5 Å². The van der Waals surface area contributed by atoms with E-state index in [9.17, 15) is 0 Å². The van der Waals surface area contributed by atoms with E-state index in [1.165, 1.54) is 0 Å². The van der Waals surface area contributed by atoms with Gasteiger partial charge in [-0.1, -0.05) is 54.1 Å². The summed E-state index contributed by atoms with van der Waals surface area (Å²) >= 11 is 6.35. The highest BCUT2D eigenvalue weighted by Crippen LogP contribution is 2.35. The van der Waals surface area contributed by atoms with Crippen molar-refractivity contribution >= 4 is 28.2 Å². The molecule has 1 N–H and O–H groups in total. The van der Waals surface area contributed by atoms with E-state index in [0.717, 1.165) is 40.0 Å². The molecule has 0 radical (unpaired) electrons. The van der Waals surface area contributed by atoms with E-state index in [0.29, 0.717) is 5.02 Å². The highest BCUT2D eigenvalue weighted by molar-refractivity contribution is 6.35. The number of benzene rings is 2. The smallest absolute Gasteiger partial charge is 0.0916 e. The van der Waals surface area contributed by atoms with Gasteiger partial charge < -0.3 is 5.32 Å². The molecule has 1 heterocycles. The fourth-order valence-electron chi connectivity index (χ4n) is 2.63. The summed E-state index contributed by atoms with van der Waals surface area (Å²) < 4.78 is 0. The summed E-state index contributed by atoms with van der Waals surface area (Å²) in [6.45, 7) is 5.06. The molecule has 106 valence electrons. The molecule has 0 saturated carbocycles. The number of hydrogen-bond donors (Lipinski definition) is 1. The van der Waals surface area contributed by atoms with E-state index in [2.05, 4.69) is 37.4 Å². The maximum atomic E-state index is 6.35. The maximum absolute atomic E-state index is 6.35. The van der Waals surface area contributed by atoms with Crippen LogP contribution >= 0.6 is 11.6 Å². The van der Waals surface area contributed by atoms with Gasteiger partial charge in [0, 0.05) is 23.2 Å². The van der Waals surface area contributed by atoms with Gasteiger partial charge in [0.2, 0.25) is 0 Å². The van der Waals surface area contributed by atoms with Gasteiger partial charge >= 0.3 is 0 Å². The minimum absolute atomic E-state index is 0.684. The van der Waals surface area contributed by atoms with Gasteiger partial charge in [-0.3, -0.25) is 0 Å². The van der Waals surface area contributed by atoms with Crippen molar-refractivity contribution in [3.05, 3.63) is 59.1 Å². The zero-order chi connectivity index (χ0) is 14.8. The number of anilines is 1. The minimum atomic E-state index is 0.684. The first-order valence-electron chi connectivity index (χ1n) is 7.10. The Labute approximate surface area is 129 Å². The van der Waals surface area contributed by atoms with Gasteiger partial charge in [-0.2, -0.15) is 0 Å². The summed E-state index contributed by atoms with van der Waals surface area (Å²) in [6, 6.07) is 16.1. The van der Waals surface area contributed by atoms with Crippen LogP contribution in [0.15, 0.2) is 48.5 Å². The summed E-state index contributed by atoms with van der Waals surface area (Å²) in [6.07, 6.45) is 0. The normalized spacial score (nSPS) is 10.8. The van der Waals surface area contributed by atoms with Crippen LogP contribution in [-0.4, -0.2) is 11.5 Å². The largest absolute Gasteiger partial charge is 0.384 e. The Balaban J connectivity index is 2.36. The molecule has 2 nitrogen and oxygen atoms in total. The van der Waals surface area contributed by atoms with Crippen molar-refractivity contribution < 1.29 is 0 Å². The highest BCUT2D eigenvalue weighted by atomic mass is 35.5. The third-order valence-corrected chi connectivity index (χ3v) is 3.92. The molecule has 0 spiro atoms. The molecule has 1 aromatic heterocycles. The van der Waals surface area contributed by atoms with Crippen molar-refractivity contribution in [3.8, 4) is 11.3 Å². The van der Waals surface area contributed by atoms with Crippen molar-refractivity contribution in [2.45, 2.75) is 13.8 Å². The average Bonchev–Trinajstić information content (AvgIpc) is 2.51. The number of para-hydroxylation sites is 1. The summed E-state index contributed by atoms with van der Waals surface area (Å²) in [5.41, 5.74) is 5.20. The van der Waals surface area contributed by atoms with Crippen LogP contribution < -0.4 is 5.32 Å². The van der Waals surface area contributed by atoms with Gasteiger partial charge in [0.25, 0.3) is 0 Å². The standard InChI is InChI=1S/C18H17ClN2/c1-3-20-17-12(2)16(13-8-5-4-6-9-13)21-18-14(17)10-7-11-15(18)19/h4-11H,3H2,1-2H3,(H,20,21). The third kappa shape index (κ3) is 2.47. The molecule has 0 saturated heterocycles. The second-order valence-corrected chi connectivity index (χ2v) is 5.40. The minimum Gasteiger partial charge on any atom is -0.384 e. The summed E-state index contributed by atoms with van der Waals surface area (Å²) in [5.74, 6) is 0. The molecule has 0 fully saturated rings. The summed E-state index contributed by atoms with van der Waals surface area (Å²) in [5, 5.41) is 5.21. The van der Waals surface area contributed by atoms with Crippen LogP contribution in [0.25, 0.3) is 22.2 Å². The van der Waals surface area contributed by atoms with Gasteiger partial charge in [-0.15, -0.1) is 0 Å². The lowest BCUT2D eigenvalue weighted by Crippen LogP contribution is -2.03. The fraction of sp³-hybridized carbons (Fsp3) is 0.167. The predicted molar refractivity (Wildman–Crippen MR) is 91.1 cm³/mol. The first kappa shape index (κ1) is 13.9. The quantitative estimate of drug-likeness (QED) is 0.710. The van der Waals surface area contributed by atoms with Crippen molar-refractivity contribution in [1.82, 2.24) is 4.98 Å². The van der Waals surface area contributed by atoms with Crippen LogP contribution in [0.2, 0.25) is 5.02 Å². The molecule has 0 atom stereocenters.